The van der Waals surface area contributed by atoms with Gasteiger partial charge < -0.3 is 14.8 Å². The molecule has 0 aliphatic heterocycles. The van der Waals surface area contributed by atoms with Crippen LogP contribution in [0.3, 0.4) is 0 Å². The summed E-state index contributed by atoms with van der Waals surface area (Å²) < 4.78 is 10.6. The number of halogens is 1. The van der Waals surface area contributed by atoms with E-state index in [-0.39, 0.29) is 28.9 Å². The number of hydrogen-bond acceptors (Lipinski definition) is 5. The molecule has 1 amide bonds. The number of amides is 1. The number of nitro benzene ring substituents is 1. The Labute approximate surface area is 149 Å². The van der Waals surface area contributed by atoms with E-state index in [9.17, 15) is 14.9 Å². The number of carbonyl (C=O) groups excluding carboxylic acids is 1. The molecule has 132 valence electrons. The minimum absolute atomic E-state index is 0.0158. The van der Waals surface area contributed by atoms with Crippen LogP contribution in [0.2, 0.25) is 5.02 Å². The number of hydrogen-bond donors (Lipinski definition) is 1. The van der Waals surface area contributed by atoms with Crippen molar-refractivity contribution in [3.05, 3.63) is 68.7 Å². The lowest BCUT2D eigenvalue weighted by atomic mass is 10.1. The molecular formula is C17H17ClN2O5. The third kappa shape index (κ3) is 4.68. The van der Waals surface area contributed by atoms with Gasteiger partial charge >= 0.3 is 0 Å². The number of ether oxygens (including phenoxy) is 2. The van der Waals surface area contributed by atoms with Crippen LogP contribution in [0.15, 0.2) is 42.5 Å². The first kappa shape index (κ1) is 18.7. The van der Waals surface area contributed by atoms with Crippen LogP contribution in [0.1, 0.15) is 22.0 Å². The number of methoxy groups -OCH3 is 2. The second-order valence-electron chi connectivity index (χ2n) is 5.13. The van der Waals surface area contributed by atoms with Gasteiger partial charge in [0.25, 0.3) is 11.6 Å². The summed E-state index contributed by atoms with van der Waals surface area (Å²) in [5.41, 5.74) is 0.831. The summed E-state index contributed by atoms with van der Waals surface area (Å²) in [4.78, 5) is 22.4. The van der Waals surface area contributed by atoms with Crippen molar-refractivity contribution in [2.24, 2.45) is 0 Å². The topological polar surface area (TPSA) is 90.7 Å². The van der Waals surface area contributed by atoms with E-state index in [1.165, 1.54) is 19.2 Å². The third-order valence-corrected chi connectivity index (χ3v) is 3.92. The van der Waals surface area contributed by atoms with Crippen LogP contribution in [0.25, 0.3) is 0 Å². The van der Waals surface area contributed by atoms with E-state index >= 15 is 0 Å². The molecule has 0 radical (unpaired) electrons. The predicted octanol–water partition coefficient (Wildman–Crippen LogP) is 3.37. The van der Waals surface area contributed by atoms with Crippen molar-refractivity contribution in [3.63, 3.8) is 0 Å². The Morgan fingerprint density at radius 2 is 2.04 bits per heavy atom. The van der Waals surface area contributed by atoms with Gasteiger partial charge in [-0.15, -0.1) is 0 Å². The van der Waals surface area contributed by atoms with E-state index in [1.54, 1.807) is 7.11 Å². The highest BCUT2D eigenvalue weighted by molar-refractivity contribution is 6.34. The molecule has 2 aromatic carbocycles. The van der Waals surface area contributed by atoms with Crippen LogP contribution < -0.4 is 10.1 Å². The Morgan fingerprint density at radius 3 is 2.64 bits per heavy atom. The monoisotopic (exact) mass is 364 g/mol. The van der Waals surface area contributed by atoms with Gasteiger partial charge in [-0.05, 0) is 23.8 Å². The maximum absolute atomic E-state index is 12.3. The van der Waals surface area contributed by atoms with Crippen LogP contribution in [-0.4, -0.2) is 31.6 Å². The average Bonchev–Trinajstić information content (AvgIpc) is 2.62. The first-order valence-corrected chi connectivity index (χ1v) is 7.73. The van der Waals surface area contributed by atoms with Crippen molar-refractivity contribution in [3.8, 4) is 5.75 Å². The molecule has 1 atom stereocenters. The van der Waals surface area contributed by atoms with E-state index in [1.807, 2.05) is 24.3 Å². The van der Waals surface area contributed by atoms with Crippen molar-refractivity contribution in [1.82, 2.24) is 5.32 Å². The molecule has 1 N–H and O–H groups in total. The van der Waals surface area contributed by atoms with E-state index < -0.39 is 10.8 Å². The summed E-state index contributed by atoms with van der Waals surface area (Å²) in [6.45, 7) is 0.204. The first-order valence-electron chi connectivity index (χ1n) is 7.35. The van der Waals surface area contributed by atoms with Crippen LogP contribution >= 0.6 is 11.6 Å². The van der Waals surface area contributed by atoms with Gasteiger partial charge in [-0.25, -0.2) is 0 Å². The smallest absolute Gasteiger partial charge is 0.270 e. The van der Waals surface area contributed by atoms with Crippen LogP contribution in [0.5, 0.6) is 5.75 Å². The number of nitrogens with zero attached hydrogens (tertiary/aromatic N) is 1. The molecule has 25 heavy (non-hydrogen) atoms. The van der Waals surface area contributed by atoms with Crippen molar-refractivity contribution in [2.45, 2.75) is 6.10 Å². The van der Waals surface area contributed by atoms with Gasteiger partial charge in [0.1, 0.15) is 5.75 Å². The zero-order valence-corrected chi connectivity index (χ0v) is 14.4. The van der Waals surface area contributed by atoms with Crippen molar-refractivity contribution < 1.29 is 19.2 Å². The molecule has 1 unspecified atom stereocenters. The molecule has 0 aliphatic rings. The third-order valence-electron chi connectivity index (χ3n) is 3.61. The highest BCUT2D eigenvalue weighted by Crippen LogP contribution is 2.24. The summed E-state index contributed by atoms with van der Waals surface area (Å²) in [5, 5.41) is 13.4. The number of nitrogens with one attached hydrogen (secondary N) is 1. The van der Waals surface area contributed by atoms with Crippen molar-refractivity contribution in [2.75, 3.05) is 20.8 Å². The second kappa shape index (κ2) is 8.46. The molecule has 7 nitrogen and oxygen atoms in total. The van der Waals surface area contributed by atoms with Gasteiger partial charge in [0.05, 0.1) is 28.7 Å². The van der Waals surface area contributed by atoms with E-state index in [4.69, 9.17) is 21.1 Å². The fourth-order valence-electron chi connectivity index (χ4n) is 2.26. The minimum atomic E-state index is -0.572. The Kier molecular flexibility index (Phi) is 6.32. The fraction of sp³-hybridized carbons (Fsp3) is 0.235. The minimum Gasteiger partial charge on any atom is -0.497 e. The van der Waals surface area contributed by atoms with Crippen molar-refractivity contribution in [1.29, 1.82) is 0 Å². The summed E-state index contributed by atoms with van der Waals surface area (Å²) in [5.74, 6) is 0.245. The number of rotatable bonds is 7. The molecule has 0 saturated carbocycles. The van der Waals surface area contributed by atoms with Gasteiger partial charge in [-0.3, -0.25) is 14.9 Å². The Morgan fingerprint density at radius 1 is 1.28 bits per heavy atom. The zero-order valence-electron chi connectivity index (χ0n) is 13.7. The molecule has 0 aromatic heterocycles. The maximum atomic E-state index is 12.3. The van der Waals surface area contributed by atoms with Gasteiger partial charge in [-0.1, -0.05) is 23.7 Å². The quantitative estimate of drug-likeness (QED) is 0.600. The van der Waals surface area contributed by atoms with Crippen LogP contribution in [0.4, 0.5) is 5.69 Å². The predicted molar refractivity (Wildman–Crippen MR) is 93.2 cm³/mol. The van der Waals surface area contributed by atoms with E-state index in [2.05, 4.69) is 5.32 Å². The van der Waals surface area contributed by atoms with Gasteiger partial charge in [0.2, 0.25) is 0 Å². The van der Waals surface area contributed by atoms with E-state index in [0.29, 0.717) is 5.75 Å². The van der Waals surface area contributed by atoms with Gasteiger partial charge in [-0.2, -0.15) is 0 Å². The molecule has 0 saturated heterocycles. The molecule has 0 fully saturated rings. The molecule has 2 rings (SSSR count). The number of carbonyl (C=O) groups is 1. The number of benzene rings is 2. The molecule has 2 aromatic rings. The molecule has 0 aliphatic carbocycles. The highest BCUT2D eigenvalue weighted by Gasteiger charge is 2.17. The van der Waals surface area contributed by atoms with Gasteiger partial charge in [0, 0.05) is 25.8 Å². The average molecular weight is 365 g/mol. The summed E-state index contributed by atoms with van der Waals surface area (Å²) in [6, 6.07) is 11.0. The standard InChI is InChI=1S/C17H17ClN2O5/c1-24-13-5-3-4-11(8-13)16(25-2)10-19-17(21)14-7-6-12(20(22)23)9-15(14)18/h3-9,16H,10H2,1-2H3,(H,19,21). The largest absolute Gasteiger partial charge is 0.497 e. The summed E-state index contributed by atoms with van der Waals surface area (Å²) in [7, 11) is 3.11. The molecule has 0 bridgehead atoms. The number of non-ortho nitro benzene ring substituents is 1. The lowest BCUT2D eigenvalue weighted by molar-refractivity contribution is -0.384. The zero-order chi connectivity index (χ0) is 18.4. The highest BCUT2D eigenvalue weighted by atomic mass is 35.5. The fourth-order valence-corrected chi connectivity index (χ4v) is 2.52. The molecule has 0 heterocycles. The van der Waals surface area contributed by atoms with Crippen molar-refractivity contribution >= 4 is 23.2 Å². The summed E-state index contributed by atoms with van der Waals surface area (Å²) in [6.07, 6.45) is -0.379. The first-order chi connectivity index (χ1) is 12.0. The lowest BCUT2D eigenvalue weighted by Crippen LogP contribution is -2.29. The van der Waals surface area contributed by atoms with Crippen LogP contribution in [-0.2, 0) is 4.74 Å². The summed E-state index contributed by atoms with van der Waals surface area (Å²) >= 11 is 5.96. The Bertz CT molecular complexity index is 781. The lowest BCUT2D eigenvalue weighted by Gasteiger charge is -2.17. The molecule has 0 spiro atoms. The molecular weight excluding hydrogens is 348 g/mol. The van der Waals surface area contributed by atoms with Crippen LogP contribution in [0, 0.1) is 10.1 Å². The normalized spacial score (nSPS) is 11.6. The maximum Gasteiger partial charge on any atom is 0.270 e. The SMILES string of the molecule is COc1cccc(C(CNC(=O)c2ccc([N+](=O)[O-])cc2Cl)OC)c1. The Balaban J connectivity index is 2.08. The van der Waals surface area contributed by atoms with Gasteiger partial charge in [0.15, 0.2) is 0 Å². The Hall–Kier alpha value is -2.64. The second-order valence-corrected chi connectivity index (χ2v) is 5.54. The molecule has 8 heteroatoms. The van der Waals surface area contributed by atoms with E-state index in [0.717, 1.165) is 11.6 Å². The number of nitro groups is 1.